The van der Waals surface area contributed by atoms with Gasteiger partial charge in [-0.2, -0.15) is 5.10 Å². The molecule has 0 aliphatic heterocycles. The number of nitrogens with zero attached hydrogens (tertiary/aromatic N) is 2. The van der Waals surface area contributed by atoms with Crippen LogP contribution >= 0.6 is 0 Å². The number of aromatic nitrogens is 2. The Balaban J connectivity index is 2.35. The number of benzene rings is 1. The normalized spacial score (nSPS) is 12.5. The van der Waals surface area contributed by atoms with E-state index in [9.17, 15) is 4.79 Å². The Morgan fingerprint density at radius 1 is 1.43 bits per heavy atom. The second-order valence-electron chi connectivity index (χ2n) is 5.49. The van der Waals surface area contributed by atoms with Crippen molar-refractivity contribution in [2.24, 2.45) is 0 Å². The predicted molar refractivity (Wildman–Crippen MR) is 86.2 cm³/mol. The molecule has 2 rings (SSSR count). The molecule has 0 aliphatic rings. The van der Waals surface area contributed by atoms with E-state index in [1.807, 2.05) is 11.0 Å². The van der Waals surface area contributed by atoms with Gasteiger partial charge >= 0.3 is 0 Å². The van der Waals surface area contributed by atoms with Crippen molar-refractivity contribution in [2.45, 2.75) is 46.1 Å². The molecule has 5 nitrogen and oxygen atoms in total. The number of unbranched alkanes of at least 4 members (excludes halogenated alkanes) is 1. The van der Waals surface area contributed by atoms with E-state index in [0.717, 1.165) is 36.7 Å². The van der Waals surface area contributed by atoms with Gasteiger partial charge < -0.3 is 10.6 Å². The summed E-state index contributed by atoms with van der Waals surface area (Å²) in [5.74, 6) is -0.0188. The van der Waals surface area contributed by atoms with Gasteiger partial charge in [-0.25, -0.2) is 0 Å². The maximum Gasteiger partial charge on any atom is 0.275 e. The van der Waals surface area contributed by atoms with Crippen molar-refractivity contribution >= 4 is 22.5 Å². The Morgan fingerprint density at radius 2 is 2.19 bits per heavy atom. The second-order valence-corrected chi connectivity index (χ2v) is 5.49. The van der Waals surface area contributed by atoms with Crippen LogP contribution in [0.2, 0.25) is 0 Å². The number of hydrogen-bond acceptors (Lipinski definition) is 3. The third-order valence-corrected chi connectivity index (χ3v) is 3.93. The molecule has 0 bridgehead atoms. The van der Waals surface area contributed by atoms with Crippen LogP contribution in [0.25, 0.3) is 10.9 Å². The molecule has 0 saturated heterocycles. The maximum absolute atomic E-state index is 12.8. The number of fused-ring (bicyclic) bond motifs is 1. The average molecular weight is 288 g/mol. The van der Waals surface area contributed by atoms with Gasteiger partial charge in [-0.15, -0.1) is 0 Å². The molecular weight excluding hydrogens is 264 g/mol. The lowest BCUT2D eigenvalue weighted by atomic mass is 10.1. The lowest BCUT2D eigenvalue weighted by Crippen LogP contribution is -2.39. The van der Waals surface area contributed by atoms with Crippen molar-refractivity contribution in [3.63, 3.8) is 0 Å². The highest BCUT2D eigenvalue weighted by Gasteiger charge is 2.24. The topological polar surface area (TPSA) is 75.0 Å². The smallest absolute Gasteiger partial charge is 0.275 e. The molecule has 0 fully saturated rings. The van der Waals surface area contributed by atoms with Crippen LogP contribution in [0.1, 0.15) is 50.5 Å². The number of amides is 1. The highest BCUT2D eigenvalue weighted by atomic mass is 16.2. The molecule has 1 unspecified atom stereocenters. The summed E-state index contributed by atoms with van der Waals surface area (Å²) in [6.45, 7) is 7.07. The summed E-state index contributed by atoms with van der Waals surface area (Å²) in [6.07, 6.45) is 3.00. The van der Waals surface area contributed by atoms with Gasteiger partial charge in [-0.1, -0.05) is 20.3 Å². The van der Waals surface area contributed by atoms with E-state index in [4.69, 9.17) is 5.73 Å². The SMILES string of the molecule is CCCCN(C(=O)c1n[nH]c2ccc(N)cc12)C(C)CC. The second kappa shape index (κ2) is 6.61. The number of nitrogens with one attached hydrogen (secondary N) is 1. The zero-order chi connectivity index (χ0) is 15.4. The van der Waals surface area contributed by atoms with Crippen molar-refractivity contribution in [3.8, 4) is 0 Å². The third kappa shape index (κ3) is 3.17. The number of rotatable bonds is 6. The summed E-state index contributed by atoms with van der Waals surface area (Å²) in [6, 6.07) is 5.67. The Morgan fingerprint density at radius 3 is 2.86 bits per heavy atom. The molecule has 5 heteroatoms. The van der Waals surface area contributed by atoms with Gasteiger partial charge in [-0.3, -0.25) is 9.89 Å². The van der Waals surface area contributed by atoms with E-state index in [0.29, 0.717) is 11.4 Å². The largest absolute Gasteiger partial charge is 0.399 e. The quantitative estimate of drug-likeness (QED) is 0.802. The number of hydrogen-bond donors (Lipinski definition) is 2. The minimum atomic E-state index is -0.0188. The van der Waals surface area contributed by atoms with Crippen LogP contribution in [0.5, 0.6) is 0 Å². The van der Waals surface area contributed by atoms with E-state index in [1.165, 1.54) is 0 Å². The van der Waals surface area contributed by atoms with Gasteiger partial charge in [0.15, 0.2) is 5.69 Å². The van der Waals surface area contributed by atoms with Crippen LogP contribution in [0.3, 0.4) is 0 Å². The van der Waals surface area contributed by atoms with Crippen molar-refractivity contribution in [1.29, 1.82) is 0 Å². The van der Waals surface area contributed by atoms with Crippen LogP contribution in [0, 0.1) is 0 Å². The Bertz CT molecular complexity index is 620. The molecule has 1 aromatic carbocycles. The highest BCUT2D eigenvalue weighted by Crippen LogP contribution is 2.21. The summed E-state index contributed by atoms with van der Waals surface area (Å²) in [5.41, 5.74) is 7.77. The van der Waals surface area contributed by atoms with Crippen molar-refractivity contribution in [2.75, 3.05) is 12.3 Å². The highest BCUT2D eigenvalue weighted by molar-refractivity contribution is 6.05. The Kier molecular flexibility index (Phi) is 4.83. The maximum atomic E-state index is 12.8. The first-order valence-electron chi connectivity index (χ1n) is 7.63. The molecule has 3 N–H and O–H groups in total. The van der Waals surface area contributed by atoms with Crippen LogP contribution in [0.4, 0.5) is 5.69 Å². The number of nitrogens with two attached hydrogens (primary N) is 1. The lowest BCUT2D eigenvalue weighted by Gasteiger charge is -2.28. The Labute approximate surface area is 125 Å². The number of H-pyrrole nitrogens is 1. The molecule has 1 heterocycles. The van der Waals surface area contributed by atoms with Crippen molar-refractivity contribution < 1.29 is 4.79 Å². The predicted octanol–water partition coefficient (Wildman–Crippen LogP) is 3.19. The van der Waals surface area contributed by atoms with E-state index >= 15 is 0 Å². The lowest BCUT2D eigenvalue weighted by molar-refractivity contribution is 0.0681. The zero-order valence-electron chi connectivity index (χ0n) is 13.0. The summed E-state index contributed by atoms with van der Waals surface area (Å²) in [4.78, 5) is 14.8. The number of carbonyl (C=O) groups excluding carboxylic acids is 1. The minimum absolute atomic E-state index is 0.0188. The van der Waals surface area contributed by atoms with Gasteiger partial charge in [-0.05, 0) is 38.0 Å². The van der Waals surface area contributed by atoms with Crippen LogP contribution in [-0.4, -0.2) is 33.6 Å². The molecular formula is C16H24N4O. The molecule has 114 valence electrons. The fourth-order valence-electron chi connectivity index (χ4n) is 2.40. The molecule has 21 heavy (non-hydrogen) atoms. The molecule has 0 radical (unpaired) electrons. The zero-order valence-corrected chi connectivity index (χ0v) is 13.0. The third-order valence-electron chi connectivity index (χ3n) is 3.93. The standard InChI is InChI=1S/C16H24N4O/c1-4-6-9-20(11(3)5-2)16(21)15-13-10-12(17)7-8-14(13)18-19-15/h7-8,10-11H,4-6,9,17H2,1-3H3,(H,18,19). The molecule has 0 aliphatic carbocycles. The summed E-state index contributed by atoms with van der Waals surface area (Å²) in [5, 5.41) is 7.92. The first-order valence-corrected chi connectivity index (χ1v) is 7.63. The number of nitrogen functional groups attached to an aromatic ring is 1. The molecule has 1 atom stereocenters. The van der Waals surface area contributed by atoms with Gasteiger partial charge in [0.25, 0.3) is 5.91 Å². The van der Waals surface area contributed by atoms with Gasteiger partial charge in [0.1, 0.15) is 0 Å². The van der Waals surface area contributed by atoms with Gasteiger partial charge in [0.2, 0.25) is 0 Å². The number of aromatic amines is 1. The number of anilines is 1. The van der Waals surface area contributed by atoms with Crippen molar-refractivity contribution in [1.82, 2.24) is 15.1 Å². The van der Waals surface area contributed by atoms with Crippen LogP contribution in [0.15, 0.2) is 18.2 Å². The Hall–Kier alpha value is -2.04. The summed E-state index contributed by atoms with van der Waals surface area (Å²) >= 11 is 0. The molecule has 1 aromatic heterocycles. The molecule has 2 aromatic rings. The molecule has 0 saturated carbocycles. The average Bonchev–Trinajstić information content (AvgIpc) is 2.89. The monoisotopic (exact) mass is 288 g/mol. The van der Waals surface area contributed by atoms with E-state index in [2.05, 4.69) is 31.0 Å². The minimum Gasteiger partial charge on any atom is -0.399 e. The fourth-order valence-corrected chi connectivity index (χ4v) is 2.40. The van der Waals surface area contributed by atoms with Crippen LogP contribution in [-0.2, 0) is 0 Å². The fraction of sp³-hybridized carbons (Fsp3) is 0.500. The van der Waals surface area contributed by atoms with Crippen molar-refractivity contribution in [3.05, 3.63) is 23.9 Å². The molecule has 1 amide bonds. The number of carbonyl (C=O) groups is 1. The first-order chi connectivity index (χ1) is 10.1. The molecule has 0 spiro atoms. The summed E-state index contributed by atoms with van der Waals surface area (Å²) < 4.78 is 0. The van der Waals surface area contributed by atoms with Gasteiger partial charge in [0, 0.05) is 23.7 Å². The summed E-state index contributed by atoms with van der Waals surface area (Å²) in [7, 11) is 0. The van der Waals surface area contributed by atoms with E-state index in [-0.39, 0.29) is 11.9 Å². The van der Waals surface area contributed by atoms with E-state index < -0.39 is 0 Å². The van der Waals surface area contributed by atoms with Crippen LogP contribution < -0.4 is 5.73 Å². The first kappa shape index (κ1) is 15.4. The van der Waals surface area contributed by atoms with E-state index in [1.54, 1.807) is 12.1 Å². The van der Waals surface area contributed by atoms with Gasteiger partial charge in [0.05, 0.1) is 5.52 Å².